The van der Waals surface area contributed by atoms with Gasteiger partial charge in [0.1, 0.15) is 11.3 Å². The molecule has 16 heavy (non-hydrogen) atoms. The first-order valence-electron chi connectivity index (χ1n) is 4.87. The lowest BCUT2D eigenvalue weighted by Gasteiger charge is -2.06. The van der Waals surface area contributed by atoms with E-state index < -0.39 is 11.9 Å². The number of halogens is 1. The summed E-state index contributed by atoms with van der Waals surface area (Å²) in [6.45, 7) is 3.46. The van der Waals surface area contributed by atoms with Gasteiger partial charge in [0.25, 0.3) is 0 Å². The van der Waals surface area contributed by atoms with E-state index in [4.69, 9.17) is 16.7 Å². The number of H-pyrrole nitrogens is 1. The van der Waals surface area contributed by atoms with E-state index in [9.17, 15) is 4.79 Å². The molecule has 4 nitrogen and oxygen atoms in total. The van der Waals surface area contributed by atoms with E-state index in [1.807, 2.05) is 6.92 Å². The second-order valence-electron chi connectivity index (χ2n) is 3.78. The summed E-state index contributed by atoms with van der Waals surface area (Å²) in [6.07, 6.45) is 0. The van der Waals surface area contributed by atoms with Crippen molar-refractivity contribution in [3.63, 3.8) is 0 Å². The molecule has 0 aliphatic heterocycles. The summed E-state index contributed by atoms with van der Waals surface area (Å²) in [7, 11) is 0. The van der Waals surface area contributed by atoms with Crippen molar-refractivity contribution in [3.05, 3.63) is 28.5 Å². The molecule has 1 aromatic carbocycles. The molecular weight excluding hydrogens is 228 g/mol. The number of carbonyl (C=O) groups is 1. The number of nitrogens with zero attached hydrogens (tertiary/aromatic N) is 1. The molecule has 2 aromatic rings. The first-order valence-corrected chi connectivity index (χ1v) is 5.25. The van der Waals surface area contributed by atoms with Crippen LogP contribution in [0.3, 0.4) is 0 Å². The van der Waals surface area contributed by atoms with Crippen molar-refractivity contribution < 1.29 is 9.90 Å². The van der Waals surface area contributed by atoms with Crippen LogP contribution in [0.1, 0.15) is 24.2 Å². The summed E-state index contributed by atoms with van der Waals surface area (Å²) in [5.74, 6) is -0.686. The molecule has 0 aliphatic carbocycles. The summed E-state index contributed by atoms with van der Waals surface area (Å²) in [6, 6.07) is 3.43. The fraction of sp³-hybridized carbons (Fsp3) is 0.273. The number of aryl methyl sites for hydroxylation is 1. The van der Waals surface area contributed by atoms with Crippen LogP contribution in [0.5, 0.6) is 0 Å². The van der Waals surface area contributed by atoms with Crippen molar-refractivity contribution in [1.82, 2.24) is 9.97 Å². The van der Waals surface area contributed by atoms with Gasteiger partial charge in [0, 0.05) is 0 Å². The Morgan fingerprint density at radius 3 is 2.88 bits per heavy atom. The number of aromatic nitrogens is 2. The minimum Gasteiger partial charge on any atom is -0.481 e. The molecular formula is C11H11ClN2O2. The molecule has 1 atom stereocenters. The minimum atomic E-state index is -0.869. The van der Waals surface area contributed by atoms with Gasteiger partial charge >= 0.3 is 5.97 Å². The summed E-state index contributed by atoms with van der Waals surface area (Å²) in [5.41, 5.74) is 2.13. The largest absolute Gasteiger partial charge is 0.481 e. The highest BCUT2D eigenvalue weighted by Gasteiger charge is 2.16. The Morgan fingerprint density at radius 2 is 2.25 bits per heavy atom. The van der Waals surface area contributed by atoms with Crippen molar-refractivity contribution in [2.24, 2.45) is 0 Å². The molecule has 5 heteroatoms. The molecule has 1 unspecified atom stereocenters. The molecule has 0 spiro atoms. The lowest BCUT2D eigenvalue weighted by Crippen LogP contribution is -2.07. The number of fused-ring (bicyclic) bond motifs is 1. The average molecular weight is 239 g/mol. The molecule has 0 fully saturated rings. The van der Waals surface area contributed by atoms with Crippen LogP contribution in [0.15, 0.2) is 12.1 Å². The van der Waals surface area contributed by atoms with E-state index >= 15 is 0 Å². The van der Waals surface area contributed by atoms with Crippen LogP contribution in [0.25, 0.3) is 11.0 Å². The third kappa shape index (κ3) is 1.76. The number of aromatic amines is 1. The Hall–Kier alpha value is -1.55. The maximum absolute atomic E-state index is 10.9. The molecule has 0 radical (unpaired) electrons. The van der Waals surface area contributed by atoms with Gasteiger partial charge in [0.2, 0.25) is 0 Å². The Kier molecular flexibility index (Phi) is 2.59. The Morgan fingerprint density at radius 1 is 1.56 bits per heavy atom. The maximum atomic E-state index is 10.9. The van der Waals surface area contributed by atoms with Gasteiger partial charge in [-0.1, -0.05) is 11.6 Å². The molecule has 0 saturated carbocycles. The molecule has 0 saturated heterocycles. The normalized spacial score (nSPS) is 12.9. The number of rotatable bonds is 2. The number of imidazole rings is 1. The summed E-state index contributed by atoms with van der Waals surface area (Å²) in [5, 5.41) is 9.41. The van der Waals surface area contributed by atoms with Gasteiger partial charge in [-0.3, -0.25) is 4.79 Å². The van der Waals surface area contributed by atoms with Crippen LogP contribution in [-0.4, -0.2) is 21.0 Å². The number of carboxylic acid groups (broad SMARTS) is 1. The third-order valence-electron chi connectivity index (χ3n) is 2.55. The standard InChI is InChI=1S/C11H11ClN2O2/c1-5(11(15)16)7-3-8(12)10-9(4-7)13-6(2)14-10/h3-5H,1-2H3,(H,13,14)(H,15,16). The predicted molar refractivity (Wildman–Crippen MR) is 61.9 cm³/mol. The summed E-state index contributed by atoms with van der Waals surface area (Å²) < 4.78 is 0. The number of nitrogens with one attached hydrogen (secondary N) is 1. The van der Waals surface area contributed by atoms with Crippen molar-refractivity contribution >= 4 is 28.6 Å². The SMILES string of the molecule is Cc1nc2c(Cl)cc(C(C)C(=O)O)cc2[nH]1. The fourth-order valence-electron chi connectivity index (χ4n) is 1.61. The molecule has 2 rings (SSSR count). The van der Waals surface area contributed by atoms with Gasteiger partial charge in [-0.15, -0.1) is 0 Å². The van der Waals surface area contributed by atoms with Crippen LogP contribution in [0.2, 0.25) is 5.02 Å². The summed E-state index contributed by atoms with van der Waals surface area (Å²) in [4.78, 5) is 18.2. The zero-order chi connectivity index (χ0) is 11.9. The van der Waals surface area contributed by atoms with Gasteiger partial charge < -0.3 is 10.1 Å². The van der Waals surface area contributed by atoms with Crippen LogP contribution in [0, 0.1) is 6.92 Å². The molecule has 0 bridgehead atoms. The number of benzene rings is 1. The topological polar surface area (TPSA) is 66.0 Å². The Labute approximate surface area is 97.3 Å². The van der Waals surface area contributed by atoms with Crippen LogP contribution < -0.4 is 0 Å². The van der Waals surface area contributed by atoms with Gasteiger partial charge in [-0.05, 0) is 31.5 Å². The zero-order valence-corrected chi connectivity index (χ0v) is 9.67. The van der Waals surface area contributed by atoms with Gasteiger partial charge in [0.05, 0.1) is 16.5 Å². The first kappa shape index (κ1) is 11.0. The minimum absolute atomic E-state index is 0.477. The van der Waals surface area contributed by atoms with E-state index in [-0.39, 0.29) is 0 Å². The Balaban J connectivity index is 2.61. The number of carboxylic acids is 1. The van der Waals surface area contributed by atoms with Crippen LogP contribution >= 0.6 is 11.6 Å². The highest BCUT2D eigenvalue weighted by molar-refractivity contribution is 6.35. The molecule has 0 amide bonds. The number of hydrogen-bond donors (Lipinski definition) is 2. The smallest absolute Gasteiger partial charge is 0.310 e. The number of aliphatic carboxylic acids is 1. The zero-order valence-electron chi connectivity index (χ0n) is 8.91. The van der Waals surface area contributed by atoms with Crippen LogP contribution in [-0.2, 0) is 4.79 Å². The van der Waals surface area contributed by atoms with Crippen LogP contribution in [0.4, 0.5) is 0 Å². The van der Waals surface area contributed by atoms with Gasteiger partial charge in [0.15, 0.2) is 0 Å². The summed E-state index contributed by atoms with van der Waals surface area (Å²) >= 11 is 6.05. The van der Waals surface area contributed by atoms with Crippen molar-refractivity contribution in [3.8, 4) is 0 Å². The fourth-order valence-corrected chi connectivity index (χ4v) is 1.88. The highest BCUT2D eigenvalue weighted by atomic mass is 35.5. The highest BCUT2D eigenvalue weighted by Crippen LogP contribution is 2.27. The maximum Gasteiger partial charge on any atom is 0.310 e. The van der Waals surface area contributed by atoms with Crippen molar-refractivity contribution in [2.45, 2.75) is 19.8 Å². The second kappa shape index (κ2) is 3.79. The molecule has 84 valence electrons. The first-order chi connectivity index (χ1) is 7.49. The van der Waals surface area contributed by atoms with Crippen molar-refractivity contribution in [1.29, 1.82) is 0 Å². The van der Waals surface area contributed by atoms with E-state index in [1.54, 1.807) is 19.1 Å². The quantitative estimate of drug-likeness (QED) is 0.845. The van der Waals surface area contributed by atoms with Crippen molar-refractivity contribution in [2.75, 3.05) is 0 Å². The van der Waals surface area contributed by atoms with Gasteiger partial charge in [-0.2, -0.15) is 0 Å². The number of hydrogen-bond acceptors (Lipinski definition) is 2. The lowest BCUT2D eigenvalue weighted by molar-refractivity contribution is -0.138. The van der Waals surface area contributed by atoms with E-state index in [0.717, 1.165) is 11.3 Å². The van der Waals surface area contributed by atoms with E-state index in [0.29, 0.717) is 16.1 Å². The third-order valence-corrected chi connectivity index (χ3v) is 2.84. The molecule has 0 aliphatic rings. The van der Waals surface area contributed by atoms with Gasteiger partial charge in [-0.25, -0.2) is 4.98 Å². The predicted octanol–water partition coefficient (Wildman–Crippen LogP) is 2.71. The molecule has 1 heterocycles. The monoisotopic (exact) mass is 238 g/mol. The second-order valence-corrected chi connectivity index (χ2v) is 4.19. The van der Waals surface area contributed by atoms with E-state index in [2.05, 4.69) is 9.97 Å². The van der Waals surface area contributed by atoms with E-state index in [1.165, 1.54) is 0 Å². The Bertz CT molecular complexity index is 562. The lowest BCUT2D eigenvalue weighted by atomic mass is 10.0. The molecule has 2 N–H and O–H groups in total. The molecule has 1 aromatic heterocycles. The average Bonchev–Trinajstić information content (AvgIpc) is 2.57.